The summed E-state index contributed by atoms with van der Waals surface area (Å²) in [5.74, 6) is 0. The molecule has 0 unspecified atom stereocenters. The van der Waals surface area contributed by atoms with Crippen molar-refractivity contribution in [2.24, 2.45) is 0 Å². The average molecular weight is 229 g/mol. The minimum absolute atomic E-state index is 0.961. The van der Waals surface area contributed by atoms with Crippen molar-refractivity contribution in [2.45, 2.75) is 24.8 Å². The second-order valence-corrected chi connectivity index (χ2v) is 10.0. The van der Waals surface area contributed by atoms with Gasteiger partial charge in [0.2, 0.25) is 0 Å². The van der Waals surface area contributed by atoms with Crippen LogP contribution in [-0.2, 0) is 0 Å². The summed E-state index contributed by atoms with van der Waals surface area (Å²) in [6.45, 7) is 9.36. The van der Waals surface area contributed by atoms with Crippen LogP contribution in [0.2, 0.25) is 11.0 Å². The van der Waals surface area contributed by atoms with Crippen LogP contribution in [0.15, 0.2) is 0 Å². The Morgan fingerprint density at radius 1 is 1.00 bits per heavy atom. The fourth-order valence-electron chi connectivity index (χ4n) is 1.10. The summed E-state index contributed by atoms with van der Waals surface area (Å²) >= 11 is -0.961. The Kier molecular flexibility index (Phi) is 7.33. The van der Waals surface area contributed by atoms with Crippen molar-refractivity contribution in [1.29, 1.82) is 0 Å². The van der Waals surface area contributed by atoms with Crippen molar-refractivity contribution in [3.63, 3.8) is 0 Å². The maximum atomic E-state index is 2.57. The Morgan fingerprint density at radius 3 is 1.83 bits per heavy atom. The van der Waals surface area contributed by atoms with E-state index in [1.165, 1.54) is 26.2 Å². The van der Waals surface area contributed by atoms with E-state index in [2.05, 4.69) is 40.4 Å². The summed E-state index contributed by atoms with van der Waals surface area (Å²) < 4.78 is 2.57. The molecule has 0 aromatic carbocycles. The third-order valence-corrected chi connectivity index (χ3v) is 6.79. The van der Waals surface area contributed by atoms with Gasteiger partial charge in [-0.3, -0.25) is 0 Å². The van der Waals surface area contributed by atoms with Gasteiger partial charge in [0.25, 0.3) is 0 Å². The second kappa shape index (κ2) is 7.01. The molecule has 0 fully saturated rings. The molecule has 0 aliphatic rings. The van der Waals surface area contributed by atoms with Gasteiger partial charge in [-0.2, -0.15) is 0 Å². The van der Waals surface area contributed by atoms with E-state index in [1.54, 1.807) is 0 Å². The zero-order valence-electron chi connectivity index (χ0n) is 9.30. The molecule has 0 aromatic heterocycles. The van der Waals surface area contributed by atoms with E-state index in [0.717, 1.165) is 0 Å². The molecule has 0 aliphatic carbocycles. The van der Waals surface area contributed by atoms with Crippen molar-refractivity contribution in [3.05, 3.63) is 0 Å². The van der Waals surface area contributed by atoms with Gasteiger partial charge in [0.1, 0.15) is 0 Å². The number of hydrogen-bond acceptors (Lipinski definition) is 2. The second-order valence-electron chi connectivity index (χ2n) is 3.60. The molecule has 3 heteroatoms. The van der Waals surface area contributed by atoms with Crippen molar-refractivity contribution < 1.29 is 0 Å². The Labute approximate surface area is 83.2 Å². The third-order valence-electron chi connectivity index (χ3n) is 2.54. The SMILES string of the molecule is CCN(CC)CC[N](C)[Ga]([CH3])[CH3]. The van der Waals surface area contributed by atoms with Crippen LogP contribution in [0.4, 0.5) is 0 Å². The van der Waals surface area contributed by atoms with Crippen LogP contribution < -0.4 is 0 Å². The quantitative estimate of drug-likeness (QED) is 0.637. The number of likely N-dealkylation sites (N-methyl/N-ethyl adjacent to an activating group) is 2. The van der Waals surface area contributed by atoms with Gasteiger partial charge in [-0.25, -0.2) is 0 Å². The van der Waals surface area contributed by atoms with Crippen LogP contribution >= 0.6 is 0 Å². The Morgan fingerprint density at radius 2 is 1.50 bits per heavy atom. The first-order chi connectivity index (χ1) is 5.61. The number of rotatable bonds is 6. The molecule has 0 aliphatic heterocycles. The maximum absolute atomic E-state index is 2.57. The summed E-state index contributed by atoms with van der Waals surface area (Å²) in [6.07, 6.45) is 0. The summed E-state index contributed by atoms with van der Waals surface area (Å²) in [5, 5.41) is 0. The van der Waals surface area contributed by atoms with Crippen molar-refractivity contribution in [1.82, 2.24) is 8.51 Å². The fraction of sp³-hybridized carbons (Fsp3) is 1.00. The topological polar surface area (TPSA) is 6.48 Å². The van der Waals surface area contributed by atoms with Gasteiger partial charge in [0.05, 0.1) is 0 Å². The van der Waals surface area contributed by atoms with Gasteiger partial charge in [0.15, 0.2) is 0 Å². The van der Waals surface area contributed by atoms with Crippen LogP contribution in [0, 0.1) is 0 Å². The molecule has 0 saturated heterocycles. The summed E-state index contributed by atoms with van der Waals surface area (Å²) in [5.41, 5.74) is 4.85. The fourth-order valence-corrected chi connectivity index (χ4v) is 2.42. The summed E-state index contributed by atoms with van der Waals surface area (Å²) in [6, 6.07) is 0. The zero-order valence-corrected chi connectivity index (χ0v) is 11.7. The van der Waals surface area contributed by atoms with Crippen LogP contribution in [0.5, 0.6) is 0 Å². The van der Waals surface area contributed by atoms with Gasteiger partial charge in [-0.15, -0.1) is 0 Å². The number of nitrogens with zero attached hydrogens (tertiary/aromatic N) is 2. The molecule has 0 heterocycles. The molecule has 0 bridgehead atoms. The Hall–Kier alpha value is 0.556. The average Bonchev–Trinajstić information content (AvgIpc) is 2.05. The van der Waals surface area contributed by atoms with Crippen molar-refractivity contribution >= 4 is 16.5 Å². The summed E-state index contributed by atoms with van der Waals surface area (Å²) in [7, 11) is 2.27. The standard InChI is InChI=1S/C7H17N2.2CH3.Ga/c1-4-9(5-2)7-6-8-3;;;/h4-7H2,1-3H3;2*1H3;/q-1;;;+1. The molecular formula is C9H23GaN2. The van der Waals surface area contributed by atoms with Crippen LogP contribution in [0.3, 0.4) is 0 Å². The normalized spacial score (nSPS) is 11.2. The molecule has 0 spiro atoms. The van der Waals surface area contributed by atoms with Gasteiger partial charge in [0, 0.05) is 0 Å². The van der Waals surface area contributed by atoms with E-state index in [0.29, 0.717) is 0 Å². The molecular weight excluding hydrogens is 206 g/mol. The van der Waals surface area contributed by atoms with Crippen LogP contribution in [0.25, 0.3) is 0 Å². The molecule has 0 aromatic rings. The van der Waals surface area contributed by atoms with E-state index in [9.17, 15) is 0 Å². The molecule has 72 valence electrons. The van der Waals surface area contributed by atoms with Crippen LogP contribution in [0.1, 0.15) is 13.8 Å². The number of hydrogen-bond donors (Lipinski definition) is 0. The Balaban J connectivity index is 3.51. The zero-order chi connectivity index (χ0) is 9.56. The van der Waals surface area contributed by atoms with E-state index in [4.69, 9.17) is 0 Å². The molecule has 12 heavy (non-hydrogen) atoms. The monoisotopic (exact) mass is 228 g/mol. The van der Waals surface area contributed by atoms with Gasteiger partial charge >= 0.3 is 83.0 Å². The molecule has 0 rings (SSSR count). The predicted molar refractivity (Wildman–Crippen MR) is 57.9 cm³/mol. The summed E-state index contributed by atoms with van der Waals surface area (Å²) in [4.78, 5) is 2.49. The van der Waals surface area contributed by atoms with Gasteiger partial charge in [-0.05, 0) is 0 Å². The molecule has 0 saturated carbocycles. The molecule has 0 radical (unpaired) electrons. The van der Waals surface area contributed by atoms with E-state index >= 15 is 0 Å². The molecule has 0 atom stereocenters. The van der Waals surface area contributed by atoms with Crippen molar-refractivity contribution in [3.8, 4) is 0 Å². The molecule has 0 N–H and O–H groups in total. The first kappa shape index (κ1) is 12.6. The molecule has 2 nitrogen and oxygen atoms in total. The Bertz CT molecular complexity index is 101. The minimum atomic E-state index is -0.961. The predicted octanol–water partition coefficient (Wildman–Crippen LogP) is 1.51. The van der Waals surface area contributed by atoms with E-state index in [-0.39, 0.29) is 0 Å². The molecule has 0 amide bonds. The van der Waals surface area contributed by atoms with Crippen molar-refractivity contribution in [2.75, 3.05) is 33.2 Å². The van der Waals surface area contributed by atoms with Gasteiger partial charge < -0.3 is 0 Å². The van der Waals surface area contributed by atoms with E-state index < -0.39 is 16.5 Å². The van der Waals surface area contributed by atoms with E-state index in [1.807, 2.05) is 0 Å². The first-order valence-corrected chi connectivity index (χ1v) is 11.0. The van der Waals surface area contributed by atoms with Gasteiger partial charge in [-0.1, -0.05) is 0 Å². The third kappa shape index (κ3) is 5.25. The first-order valence-electron chi connectivity index (χ1n) is 5.04. The van der Waals surface area contributed by atoms with Crippen LogP contribution in [-0.4, -0.2) is 58.2 Å².